The van der Waals surface area contributed by atoms with Gasteiger partial charge in [-0.25, -0.2) is 8.42 Å². The standard InChI is InChI=1S/C16H19NO2S/c1-12-8-9-14(10-13(12)2)16(17)11-20(18,19)15-6-4-3-5-7-15/h3-10,16H,11,17H2,1-2H3. The maximum atomic E-state index is 12.3. The molecule has 0 saturated heterocycles. The molecule has 0 saturated carbocycles. The highest BCUT2D eigenvalue weighted by Gasteiger charge is 2.19. The van der Waals surface area contributed by atoms with Crippen LogP contribution >= 0.6 is 0 Å². The van der Waals surface area contributed by atoms with E-state index in [-0.39, 0.29) is 5.75 Å². The first-order valence-corrected chi connectivity index (χ1v) is 8.16. The highest BCUT2D eigenvalue weighted by atomic mass is 32.2. The van der Waals surface area contributed by atoms with Gasteiger partial charge in [-0.2, -0.15) is 0 Å². The topological polar surface area (TPSA) is 60.2 Å². The summed E-state index contributed by atoms with van der Waals surface area (Å²) in [7, 11) is -3.36. The second kappa shape index (κ2) is 5.77. The minimum atomic E-state index is -3.36. The number of aryl methyl sites for hydroxylation is 2. The van der Waals surface area contributed by atoms with Crippen molar-refractivity contribution in [2.24, 2.45) is 5.73 Å². The fourth-order valence-corrected chi connectivity index (χ4v) is 3.48. The Morgan fingerprint density at radius 2 is 1.65 bits per heavy atom. The van der Waals surface area contributed by atoms with Crippen LogP contribution in [0.1, 0.15) is 22.7 Å². The predicted octanol–water partition coefficient (Wildman–Crippen LogP) is 2.78. The maximum absolute atomic E-state index is 12.3. The molecule has 3 nitrogen and oxygen atoms in total. The lowest BCUT2D eigenvalue weighted by Gasteiger charge is -2.14. The Morgan fingerprint density at radius 3 is 2.25 bits per heavy atom. The summed E-state index contributed by atoms with van der Waals surface area (Å²) in [6.07, 6.45) is 0. The van der Waals surface area contributed by atoms with Crippen LogP contribution < -0.4 is 5.73 Å². The molecule has 0 aliphatic heterocycles. The summed E-state index contributed by atoms with van der Waals surface area (Å²) in [4.78, 5) is 0.319. The molecule has 106 valence electrons. The van der Waals surface area contributed by atoms with Crippen LogP contribution in [-0.2, 0) is 9.84 Å². The lowest BCUT2D eigenvalue weighted by atomic mass is 10.0. The van der Waals surface area contributed by atoms with Crippen LogP contribution in [0, 0.1) is 13.8 Å². The third-order valence-corrected chi connectivity index (χ3v) is 5.25. The normalized spacial score (nSPS) is 13.2. The summed E-state index contributed by atoms with van der Waals surface area (Å²) < 4.78 is 24.6. The molecule has 2 aromatic carbocycles. The highest BCUT2D eigenvalue weighted by Crippen LogP contribution is 2.20. The molecule has 4 heteroatoms. The number of sulfone groups is 1. The van der Waals surface area contributed by atoms with E-state index in [0.29, 0.717) is 4.90 Å². The van der Waals surface area contributed by atoms with E-state index in [1.165, 1.54) is 5.56 Å². The molecule has 2 N–H and O–H groups in total. The molecule has 0 amide bonds. The van der Waals surface area contributed by atoms with Gasteiger partial charge in [-0.05, 0) is 42.7 Å². The molecular weight excluding hydrogens is 270 g/mol. The van der Waals surface area contributed by atoms with Gasteiger partial charge in [0.25, 0.3) is 0 Å². The first-order chi connectivity index (χ1) is 9.40. The van der Waals surface area contributed by atoms with Crippen molar-refractivity contribution in [1.29, 1.82) is 0 Å². The van der Waals surface area contributed by atoms with Crippen molar-refractivity contribution >= 4 is 9.84 Å². The quantitative estimate of drug-likeness (QED) is 0.941. The summed E-state index contributed by atoms with van der Waals surface area (Å²) in [5.74, 6) is -0.0838. The minimum Gasteiger partial charge on any atom is -0.323 e. The van der Waals surface area contributed by atoms with Gasteiger partial charge < -0.3 is 5.73 Å². The van der Waals surface area contributed by atoms with Gasteiger partial charge in [-0.15, -0.1) is 0 Å². The lowest BCUT2D eigenvalue weighted by molar-refractivity contribution is 0.589. The van der Waals surface area contributed by atoms with E-state index in [1.807, 2.05) is 32.0 Å². The Morgan fingerprint density at radius 1 is 1.00 bits per heavy atom. The molecule has 20 heavy (non-hydrogen) atoms. The Balaban J connectivity index is 2.23. The zero-order valence-electron chi connectivity index (χ0n) is 11.7. The van der Waals surface area contributed by atoms with Gasteiger partial charge in [0.1, 0.15) is 0 Å². The molecule has 0 spiro atoms. The Labute approximate surface area is 120 Å². The third-order valence-electron chi connectivity index (χ3n) is 3.46. The van der Waals surface area contributed by atoms with Gasteiger partial charge in [0, 0.05) is 6.04 Å². The second-order valence-corrected chi connectivity index (χ2v) is 7.08. The zero-order valence-corrected chi connectivity index (χ0v) is 12.5. The van der Waals surface area contributed by atoms with Crippen LogP contribution in [0.15, 0.2) is 53.4 Å². The Hall–Kier alpha value is -1.65. The largest absolute Gasteiger partial charge is 0.323 e. The summed E-state index contributed by atoms with van der Waals surface area (Å²) in [6, 6.07) is 13.7. The second-order valence-electron chi connectivity index (χ2n) is 5.04. The molecule has 0 radical (unpaired) electrons. The average Bonchev–Trinajstić information content (AvgIpc) is 2.42. The number of benzene rings is 2. The molecule has 2 aromatic rings. The first-order valence-electron chi connectivity index (χ1n) is 6.51. The van der Waals surface area contributed by atoms with E-state index in [4.69, 9.17) is 5.73 Å². The number of hydrogen-bond donors (Lipinski definition) is 1. The van der Waals surface area contributed by atoms with Crippen LogP contribution in [0.5, 0.6) is 0 Å². The van der Waals surface area contributed by atoms with Gasteiger partial charge in [0.05, 0.1) is 10.6 Å². The summed E-state index contributed by atoms with van der Waals surface area (Å²) >= 11 is 0. The smallest absolute Gasteiger partial charge is 0.180 e. The van der Waals surface area contributed by atoms with E-state index in [1.54, 1.807) is 30.3 Å². The first kappa shape index (κ1) is 14.8. The highest BCUT2D eigenvalue weighted by molar-refractivity contribution is 7.91. The van der Waals surface area contributed by atoms with E-state index in [2.05, 4.69) is 0 Å². The number of rotatable bonds is 4. The van der Waals surface area contributed by atoms with Crippen molar-refractivity contribution in [2.75, 3.05) is 5.75 Å². The van der Waals surface area contributed by atoms with Gasteiger partial charge in [-0.3, -0.25) is 0 Å². The number of nitrogens with two attached hydrogens (primary N) is 1. The molecule has 0 bridgehead atoms. The lowest BCUT2D eigenvalue weighted by Crippen LogP contribution is -2.22. The molecule has 0 aliphatic rings. The van der Waals surface area contributed by atoms with Crippen LogP contribution in [0.25, 0.3) is 0 Å². The monoisotopic (exact) mass is 289 g/mol. The Kier molecular flexibility index (Phi) is 4.26. The van der Waals surface area contributed by atoms with Crippen molar-refractivity contribution in [2.45, 2.75) is 24.8 Å². The van der Waals surface area contributed by atoms with E-state index >= 15 is 0 Å². The van der Waals surface area contributed by atoms with Crippen molar-refractivity contribution < 1.29 is 8.42 Å². The summed E-state index contributed by atoms with van der Waals surface area (Å²) in [5.41, 5.74) is 9.21. The molecule has 0 heterocycles. The van der Waals surface area contributed by atoms with E-state index in [0.717, 1.165) is 11.1 Å². The van der Waals surface area contributed by atoms with Crippen LogP contribution in [0.3, 0.4) is 0 Å². The van der Waals surface area contributed by atoms with Gasteiger partial charge in [-0.1, -0.05) is 36.4 Å². The van der Waals surface area contributed by atoms with Crippen molar-refractivity contribution in [3.8, 4) is 0 Å². The van der Waals surface area contributed by atoms with Gasteiger partial charge in [0.15, 0.2) is 9.84 Å². The summed E-state index contributed by atoms with van der Waals surface area (Å²) in [5, 5.41) is 0. The van der Waals surface area contributed by atoms with Crippen LogP contribution in [-0.4, -0.2) is 14.2 Å². The third kappa shape index (κ3) is 3.26. The van der Waals surface area contributed by atoms with Crippen LogP contribution in [0.2, 0.25) is 0 Å². The molecule has 1 unspecified atom stereocenters. The summed E-state index contributed by atoms with van der Waals surface area (Å²) in [6.45, 7) is 4.02. The zero-order chi connectivity index (χ0) is 14.8. The average molecular weight is 289 g/mol. The fraction of sp³-hybridized carbons (Fsp3) is 0.250. The van der Waals surface area contributed by atoms with Crippen LogP contribution in [0.4, 0.5) is 0 Å². The van der Waals surface area contributed by atoms with Crippen molar-refractivity contribution in [3.05, 3.63) is 65.2 Å². The molecule has 0 aromatic heterocycles. The fourth-order valence-electron chi connectivity index (χ4n) is 2.05. The molecule has 0 aliphatic carbocycles. The number of hydrogen-bond acceptors (Lipinski definition) is 3. The van der Waals surface area contributed by atoms with E-state index < -0.39 is 15.9 Å². The maximum Gasteiger partial charge on any atom is 0.180 e. The predicted molar refractivity (Wildman–Crippen MR) is 81.3 cm³/mol. The molecule has 0 fully saturated rings. The Bertz CT molecular complexity index is 694. The van der Waals surface area contributed by atoms with Gasteiger partial charge in [0.2, 0.25) is 0 Å². The molecular formula is C16H19NO2S. The minimum absolute atomic E-state index is 0.0838. The van der Waals surface area contributed by atoms with Crippen molar-refractivity contribution in [3.63, 3.8) is 0 Å². The SMILES string of the molecule is Cc1ccc(C(N)CS(=O)(=O)c2ccccc2)cc1C. The van der Waals surface area contributed by atoms with Crippen molar-refractivity contribution in [1.82, 2.24) is 0 Å². The van der Waals surface area contributed by atoms with Gasteiger partial charge >= 0.3 is 0 Å². The molecule has 1 atom stereocenters. The van der Waals surface area contributed by atoms with E-state index in [9.17, 15) is 8.42 Å². The molecule has 2 rings (SSSR count).